The molecule has 4 rings (SSSR count). The summed E-state index contributed by atoms with van der Waals surface area (Å²) in [5.74, 6) is 0. The molecule has 0 amide bonds. The number of aromatic nitrogens is 2. The van der Waals surface area contributed by atoms with Gasteiger partial charge in [0.25, 0.3) is 0 Å². The number of benzene rings is 1. The lowest BCUT2D eigenvalue weighted by atomic mass is 10.1. The molecule has 0 radical (unpaired) electrons. The Bertz CT molecular complexity index is 741. The summed E-state index contributed by atoms with van der Waals surface area (Å²) in [6.07, 6.45) is 4.49. The number of hydrogen-bond acceptors (Lipinski definition) is 4. The highest BCUT2D eigenvalue weighted by Gasteiger charge is 2.20. The van der Waals surface area contributed by atoms with E-state index in [2.05, 4.69) is 33.9 Å². The molecule has 1 saturated carbocycles. The van der Waals surface area contributed by atoms with Gasteiger partial charge in [-0.05, 0) is 25.0 Å². The molecule has 3 aromatic rings. The first-order chi connectivity index (χ1) is 9.90. The molecule has 1 aliphatic carbocycles. The van der Waals surface area contributed by atoms with E-state index in [1.807, 2.05) is 18.3 Å². The van der Waals surface area contributed by atoms with Gasteiger partial charge >= 0.3 is 0 Å². The Morgan fingerprint density at radius 3 is 3.00 bits per heavy atom. The summed E-state index contributed by atoms with van der Waals surface area (Å²) in [5.41, 5.74) is 3.34. The van der Waals surface area contributed by atoms with Crippen molar-refractivity contribution >= 4 is 22.2 Å². The molecule has 1 N–H and O–H groups in total. The Hall–Kier alpha value is -1.78. The van der Waals surface area contributed by atoms with E-state index >= 15 is 0 Å². The van der Waals surface area contributed by atoms with Crippen LogP contribution in [0.5, 0.6) is 0 Å². The quantitative estimate of drug-likeness (QED) is 0.794. The summed E-state index contributed by atoms with van der Waals surface area (Å²) in [5, 5.41) is 7.91. The Labute approximate surface area is 121 Å². The Morgan fingerprint density at radius 2 is 2.10 bits per heavy atom. The Balaban J connectivity index is 1.67. The van der Waals surface area contributed by atoms with Crippen molar-refractivity contribution < 1.29 is 0 Å². The second-order valence-electron chi connectivity index (χ2n) is 5.17. The monoisotopic (exact) mass is 281 g/mol. The van der Waals surface area contributed by atoms with E-state index in [-0.39, 0.29) is 0 Å². The van der Waals surface area contributed by atoms with Crippen LogP contribution >= 0.6 is 11.3 Å². The molecule has 0 spiro atoms. The zero-order valence-corrected chi connectivity index (χ0v) is 11.9. The van der Waals surface area contributed by atoms with Crippen LogP contribution in [0.2, 0.25) is 0 Å². The predicted octanol–water partition coefficient (Wildman–Crippen LogP) is 3.61. The van der Waals surface area contributed by atoms with Gasteiger partial charge in [0.15, 0.2) is 0 Å². The molecule has 4 heteroatoms. The minimum absolute atomic E-state index is 0.724. The highest BCUT2D eigenvalue weighted by Crippen LogP contribution is 2.30. The molecule has 2 heterocycles. The van der Waals surface area contributed by atoms with Crippen LogP contribution in [-0.4, -0.2) is 16.0 Å². The van der Waals surface area contributed by atoms with Crippen molar-refractivity contribution in [3.63, 3.8) is 0 Å². The standard InChI is InChI=1S/C16H15N3S/c1-2-4-15-13(3-1)14(7-8-17-15)16-19-12(10-20-16)9-18-11-5-6-11/h1-4,7-8,10-11,18H,5-6,9H2. The molecule has 0 unspecified atom stereocenters. The van der Waals surface area contributed by atoms with E-state index in [1.54, 1.807) is 11.3 Å². The van der Waals surface area contributed by atoms with E-state index in [9.17, 15) is 0 Å². The maximum atomic E-state index is 4.76. The van der Waals surface area contributed by atoms with Crippen LogP contribution in [0, 0.1) is 0 Å². The highest BCUT2D eigenvalue weighted by atomic mass is 32.1. The van der Waals surface area contributed by atoms with Crippen molar-refractivity contribution in [3.05, 3.63) is 47.6 Å². The molecule has 0 aliphatic heterocycles. The number of pyridine rings is 1. The van der Waals surface area contributed by atoms with Gasteiger partial charge in [-0.2, -0.15) is 0 Å². The number of rotatable bonds is 4. The van der Waals surface area contributed by atoms with Gasteiger partial charge in [-0.3, -0.25) is 4.98 Å². The van der Waals surface area contributed by atoms with Crippen LogP contribution in [0.4, 0.5) is 0 Å². The molecule has 0 atom stereocenters. The molecule has 0 bridgehead atoms. The summed E-state index contributed by atoms with van der Waals surface area (Å²) in [6, 6.07) is 11.0. The van der Waals surface area contributed by atoms with Crippen molar-refractivity contribution in [2.45, 2.75) is 25.4 Å². The highest BCUT2D eigenvalue weighted by molar-refractivity contribution is 7.13. The zero-order valence-electron chi connectivity index (χ0n) is 11.0. The Kier molecular flexibility index (Phi) is 2.98. The molecule has 2 aromatic heterocycles. The maximum absolute atomic E-state index is 4.76. The number of nitrogens with zero attached hydrogens (tertiary/aromatic N) is 2. The second kappa shape index (κ2) is 4.96. The van der Waals surface area contributed by atoms with Gasteiger partial charge in [0.1, 0.15) is 5.01 Å². The lowest BCUT2D eigenvalue weighted by Crippen LogP contribution is -2.15. The fraction of sp³-hybridized carbons (Fsp3) is 0.250. The van der Waals surface area contributed by atoms with Gasteiger partial charge in [0.05, 0.1) is 11.2 Å². The minimum Gasteiger partial charge on any atom is -0.308 e. The molecule has 1 fully saturated rings. The molecular weight excluding hydrogens is 266 g/mol. The maximum Gasteiger partial charge on any atom is 0.124 e. The van der Waals surface area contributed by atoms with Crippen molar-refractivity contribution in [2.24, 2.45) is 0 Å². The van der Waals surface area contributed by atoms with Crippen LogP contribution < -0.4 is 5.32 Å². The number of fused-ring (bicyclic) bond motifs is 1. The third-order valence-corrected chi connectivity index (χ3v) is 4.50. The summed E-state index contributed by atoms with van der Waals surface area (Å²) < 4.78 is 0. The fourth-order valence-electron chi connectivity index (χ4n) is 2.33. The van der Waals surface area contributed by atoms with E-state index in [0.29, 0.717) is 0 Å². The fourth-order valence-corrected chi connectivity index (χ4v) is 3.19. The average Bonchev–Trinajstić information content (AvgIpc) is 3.21. The SMILES string of the molecule is c1ccc2c(-c3nc(CNC4CC4)cs3)ccnc2c1. The van der Waals surface area contributed by atoms with Crippen molar-refractivity contribution in [2.75, 3.05) is 0 Å². The number of hydrogen-bond donors (Lipinski definition) is 1. The van der Waals surface area contributed by atoms with Gasteiger partial charge in [0, 0.05) is 35.1 Å². The van der Waals surface area contributed by atoms with Crippen molar-refractivity contribution in [1.29, 1.82) is 0 Å². The van der Waals surface area contributed by atoms with E-state index in [0.717, 1.165) is 28.8 Å². The summed E-state index contributed by atoms with van der Waals surface area (Å²) in [4.78, 5) is 9.17. The van der Waals surface area contributed by atoms with E-state index in [1.165, 1.54) is 23.8 Å². The number of thiazole rings is 1. The topological polar surface area (TPSA) is 37.8 Å². The van der Waals surface area contributed by atoms with Crippen LogP contribution in [0.25, 0.3) is 21.5 Å². The van der Waals surface area contributed by atoms with Crippen LogP contribution in [-0.2, 0) is 6.54 Å². The lowest BCUT2D eigenvalue weighted by molar-refractivity contribution is 0.678. The second-order valence-corrected chi connectivity index (χ2v) is 6.03. The molecular formula is C16H15N3S. The lowest BCUT2D eigenvalue weighted by Gasteiger charge is -2.02. The zero-order chi connectivity index (χ0) is 13.4. The molecule has 100 valence electrons. The number of nitrogens with one attached hydrogen (secondary N) is 1. The number of para-hydroxylation sites is 1. The van der Waals surface area contributed by atoms with E-state index < -0.39 is 0 Å². The van der Waals surface area contributed by atoms with Gasteiger partial charge in [-0.25, -0.2) is 4.98 Å². The molecule has 1 aliphatic rings. The summed E-state index contributed by atoms with van der Waals surface area (Å²) in [7, 11) is 0. The summed E-state index contributed by atoms with van der Waals surface area (Å²) in [6.45, 7) is 0.879. The first kappa shape index (κ1) is 12.0. The normalized spacial score (nSPS) is 14.8. The molecule has 0 saturated heterocycles. The molecule has 20 heavy (non-hydrogen) atoms. The van der Waals surface area contributed by atoms with Crippen molar-refractivity contribution in [3.8, 4) is 10.6 Å². The van der Waals surface area contributed by atoms with Crippen LogP contribution in [0.3, 0.4) is 0 Å². The predicted molar refractivity (Wildman–Crippen MR) is 82.7 cm³/mol. The van der Waals surface area contributed by atoms with Gasteiger partial charge in [-0.15, -0.1) is 11.3 Å². The van der Waals surface area contributed by atoms with Gasteiger partial charge < -0.3 is 5.32 Å². The average molecular weight is 281 g/mol. The largest absolute Gasteiger partial charge is 0.308 e. The Morgan fingerprint density at radius 1 is 1.20 bits per heavy atom. The van der Waals surface area contributed by atoms with Gasteiger partial charge in [0.2, 0.25) is 0 Å². The minimum atomic E-state index is 0.724. The summed E-state index contributed by atoms with van der Waals surface area (Å²) >= 11 is 1.71. The van der Waals surface area contributed by atoms with Crippen molar-refractivity contribution in [1.82, 2.24) is 15.3 Å². The van der Waals surface area contributed by atoms with E-state index in [4.69, 9.17) is 4.98 Å². The van der Waals surface area contributed by atoms with Crippen LogP contribution in [0.1, 0.15) is 18.5 Å². The van der Waals surface area contributed by atoms with Gasteiger partial charge in [-0.1, -0.05) is 18.2 Å². The molecule has 3 nitrogen and oxygen atoms in total. The molecule has 1 aromatic carbocycles. The first-order valence-corrected chi connectivity index (χ1v) is 7.80. The first-order valence-electron chi connectivity index (χ1n) is 6.92. The van der Waals surface area contributed by atoms with Crippen LogP contribution in [0.15, 0.2) is 41.9 Å². The third-order valence-electron chi connectivity index (χ3n) is 3.58. The smallest absolute Gasteiger partial charge is 0.124 e. The third kappa shape index (κ3) is 2.32.